The number of aromatic nitrogens is 1. The van der Waals surface area contributed by atoms with Gasteiger partial charge in [0, 0.05) is 22.0 Å². The van der Waals surface area contributed by atoms with Crippen LogP contribution in [0.3, 0.4) is 0 Å². The van der Waals surface area contributed by atoms with Crippen LogP contribution < -0.4 is 4.74 Å². The lowest BCUT2D eigenvalue weighted by Crippen LogP contribution is -2.30. The third kappa shape index (κ3) is 5.58. The summed E-state index contributed by atoms with van der Waals surface area (Å²) in [4.78, 5) is 19.3. The second-order valence-corrected chi connectivity index (χ2v) is 9.07. The highest BCUT2D eigenvalue weighted by molar-refractivity contribution is 9.10. The number of thiazole rings is 1. The summed E-state index contributed by atoms with van der Waals surface area (Å²) in [5, 5.41) is 2.87. The van der Waals surface area contributed by atoms with Crippen molar-refractivity contribution in [3.05, 3.63) is 91.9 Å². The van der Waals surface area contributed by atoms with E-state index in [1.807, 2.05) is 29.6 Å². The predicted molar refractivity (Wildman–Crippen MR) is 126 cm³/mol. The van der Waals surface area contributed by atoms with E-state index < -0.39 is 0 Å². The molecule has 0 aliphatic rings. The molecule has 0 aliphatic carbocycles. The van der Waals surface area contributed by atoms with Gasteiger partial charge >= 0.3 is 0 Å². The number of hydrogen-bond donors (Lipinski definition) is 0. The van der Waals surface area contributed by atoms with Crippen molar-refractivity contribution in [1.29, 1.82) is 0 Å². The molecule has 0 spiro atoms. The molecule has 30 heavy (non-hydrogen) atoms. The van der Waals surface area contributed by atoms with Crippen LogP contribution in [-0.4, -0.2) is 22.3 Å². The summed E-state index contributed by atoms with van der Waals surface area (Å²) in [5.41, 5.74) is 5.03. The summed E-state index contributed by atoms with van der Waals surface area (Å²) in [6.07, 6.45) is 1.73. The van der Waals surface area contributed by atoms with E-state index in [0.717, 1.165) is 26.5 Å². The molecule has 1 heterocycles. The van der Waals surface area contributed by atoms with E-state index in [9.17, 15) is 4.79 Å². The van der Waals surface area contributed by atoms with Gasteiger partial charge < -0.3 is 9.64 Å². The van der Waals surface area contributed by atoms with E-state index in [1.165, 1.54) is 11.1 Å². The standard InChI is InChI=1S/C24H25BrN2O2S/c1-5-9-27(24(28)19-7-6-8-20(25)12-19)13-21-15-30-23(26-21)14-29-22-11-16(2)10-17(3)18(22)4/h5-8,10-12,15H,1,9,13-14H2,2-4H3. The van der Waals surface area contributed by atoms with Gasteiger partial charge in [-0.2, -0.15) is 0 Å². The Morgan fingerprint density at radius 2 is 2.07 bits per heavy atom. The zero-order valence-corrected chi connectivity index (χ0v) is 19.8. The molecule has 0 N–H and O–H groups in total. The monoisotopic (exact) mass is 484 g/mol. The van der Waals surface area contributed by atoms with Crippen molar-refractivity contribution in [2.75, 3.05) is 6.54 Å². The molecular formula is C24H25BrN2O2S. The van der Waals surface area contributed by atoms with E-state index in [-0.39, 0.29) is 5.91 Å². The SMILES string of the molecule is C=CCN(Cc1csc(COc2cc(C)cc(C)c2C)n1)C(=O)c1cccc(Br)c1. The van der Waals surface area contributed by atoms with Crippen molar-refractivity contribution in [2.24, 2.45) is 0 Å². The number of aryl methyl sites for hydroxylation is 2. The number of rotatable bonds is 8. The molecule has 0 fully saturated rings. The Morgan fingerprint density at radius 1 is 1.27 bits per heavy atom. The van der Waals surface area contributed by atoms with E-state index in [0.29, 0.717) is 25.3 Å². The van der Waals surface area contributed by atoms with Gasteiger partial charge in [-0.3, -0.25) is 4.79 Å². The van der Waals surface area contributed by atoms with Gasteiger partial charge in [0.2, 0.25) is 0 Å². The smallest absolute Gasteiger partial charge is 0.254 e. The van der Waals surface area contributed by atoms with Crippen molar-refractivity contribution in [3.63, 3.8) is 0 Å². The van der Waals surface area contributed by atoms with Crippen LogP contribution in [-0.2, 0) is 13.2 Å². The Kier molecular flexibility index (Phi) is 7.45. The lowest BCUT2D eigenvalue weighted by atomic mass is 10.1. The maximum atomic E-state index is 12.9. The van der Waals surface area contributed by atoms with Crippen molar-refractivity contribution in [2.45, 2.75) is 33.9 Å². The number of carbonyl (C=O) groups excluding carboxylic acids is 1. The van der Waals surface area contributed by atoms with Gasteiger partial charge in [0.15, 0.2) is 0 Å². The highest BCUT2D eigenvalue weighted by atomic mass is 79.9. The van der Waals surface area contributed by atoms with E-state index in [1.54, 1.807) is 22.3 Å². The number of nitrogens with zero attached hydrogens (tertiary/aromatic N) is 2. The molecule has 6 heteroatoms. The van der Waals surface area contributed by atoms with Crippen LogP contribution in [0, 0.1) is 20.8 Å². The average Bonchev–Trinajstić information content (AvgIpc) is 3.16. The molecule has 4 nitrogen and oxygen atoms in total. The highest BCUT2D eigenvalue weighted by Gasteiger charge is 2.17. The van der Waals surface area contributed by atoms with Crippen LogP contribution in [0.25, 0.3) is 0 Å². The van der Waals surface area contributed by atoms with E-state index in [2.05, 4.69) is 60.4 Å². The molecular weight excluding hydrogens is 460 g/mol. The third-order valence-electron chi connectivity index (χ3n) is 4.78. The van der Waals surface area contributed by atoms with Gasteiger partial charge in [0.05, 0.1) is 12.2 Å². The first-order valence-corrected chi connectivity index (χ1v) is 11.3. The molecule has 1 aromatic heterocycles. The third-order valence-corrected chi connectivity index (χ3v) is 6.14. The summed E-state index contributed by atoms with van der Waals surface area (Å²) in [7, 11) is 0. The second-order valence-electron chi connectivity index (χ2n) is 7.21. The molecule has 0 aliphatic heterocycles. The predicted octanol–water partition coefficient (Wildman–Crippen LogP) is 6.24. The maximum Gasteiger partial charge on any atom is 0.254 e. The quantitative estimate of drug-likeness (QED) is 0.355. The summed E-state index contributed by atoms with van der Waals surface area (Å²) in [5.74, 6) is 0.843. The molecule has 0 radical (unpaired) electrons. The fourth-order valence-electron chi connectivity index (χ4n) is 3.15. The average molecular weight is 485 g/mol. The minimum Gasteiger partial charge on any atom is -0.486 e. The number of hydrogen-bond acceptors (Lipinski definition) is 4. The molecule has 2 aromatic carbocycles. The van der Waals surface area contributed by atoms with E-state index >= 15 is 0 Å². The van der Waals surface area contributed by atoms with Crippen LogP contribution >= 0.6 is 27.3 Å². The van der Waals surface area contributed by atoms with Gasteiger partial charge in [0.1, 0.15) is 17.4 Å². The lowest BCUT2D eigenvalue weighted by molar-refractivity contribution is 0.0761. The number of amides is 1. The fourth-order valence-corrected chi connectivity index (χ4v) is 4.25. The topological polar surface area (TPSA) is 42.4 Å². The first-order valence-electron chi connectivity index (χ1n) is 9.67. The zero-order chi connectivity index (χ0) is 21.7. The van der Waals surface area contributed by atoms with Gasteiger partial charge in [-0.25, -0.2) is 4.98 Å². The fraction of sp³-hybridized carbons (Fsp3) is 0.250. The Labute approximate surface area is 190 Å². The number of benzene rings is 2. The second kappa shape index (κ2) is 10.0. The summed E-state index contributed by atoms with van der Waals surface area (Å²) in [6.45, 7) is 11.3. The van der Waals surface area contributed by atoms with E-state index in [4.69, 9.17) is 4.74 Å². The molecule has 0 atom stereocenters. The van der Waals surface area contributed by atoms with Crippen molar-refractivity contribution < 1.29 is 9.53 Å². The van der Waals surface area contributed by atoms with Gasteiger partial charge in [-0.05, 0) is 61.7 Å². The molecule has 1 amide bonds. The summed E-state index contributed by atoms with van der Waals surface area (Å²) >= 11 is 4.97. The van der Waals surface area contributed by atoms with Crippen LogP contribution in [0.1, 0.15) is 37.7 Å². The normalized spacial score (nSPS) is 10.7. The van der Waals surface area contributed by atoms with Crippen molar-refractivity contribution in [3.8, 4) is 5.75 Å². The Hall–Kier alpha value is -2.44. The van der Waals surface area contributed by atoms with Crippen molar-refractivity contribution in [1.82, 2.24) is 9.88 Å². The van der Waals surface area contributed by atoms with Crippen LogP contribution in [0.5, 0.6) is 5.75 Å². The number of ether oxygens (including phenoxy) is 1. The highest BCUT2D eigenvalue weighted by Crippen LogP contribution is 2.25. The molecule has 0 saturated carbocycles. The Balaban J connectivity index is 1.68. The first kappa shape index (κ1) is 22.2. The molecule has 0 unspecified atom stereocenters. The van der Waals surface area contributed by atoms with Crippen LogP contribution in [0.4, 0.5) is 0 Å². The zero-order valence-electron chi connectivity index (χ0n) is 17.4. The summed E-state index contributed by atoms with van der Waals surface area (Å²) < 4.78 is 6.90. The Morgan fingerprint density at radius 3 is 2.80 bits per heavy atom. The molecule has 0 bridgehead atoms. The van der Waals surface area contributed by atoms with Gasteiger partial charge in [0.25, 0.3) is 5.91 Å². The molecule has 156 valence electrons. The molecule has 0 saturated heterocycles. The molecule has 3 aromatic rings. The number of carbonyl (C=O) groups is 1. The largest absolute Gasteiger partial charge is 0.486 e. The summed E-state index contributed by atoms with van der Waals surface area (Å²) in [6, 6.07) is 11.6. The molecule has 3 rings (SSSR count). The lowest BCUT2D eigenvalue weighted by Gasteiger charge is -2.20. The van der Waals surface area contributed by atoms with Crippen LogP contribution in [0.2, 0.25) is 0 Å². The maximum absolute atomic E-state index is 12.9. The Bertz CT molecular complexity index is 1060. The minimum atomic E-state index is -0.0483. The van der Waals surface area contributed by atoms with Gasteiger partial charge in [-0.15, -0.1) is 17.9 Å². The van der Waals surface area contributed by atoms with Gasteiger partial charge in [-0.1, -0.05) is 34.1 Å². The van der Waals surface area contributed by atoms with Crippen LogP contribution in [0.15, 0.2) is 58.9 Å². The number of halogens is 1. The first-order chi connectivity index (χ1) is 14.4. The van der Waals surface area contributed by atoms with Crippen molar-refractivity contribution >= 4 is 33.2 Å². The minimum absolute atomic E-state index is 0.0483.